The summed E-state index contributed by atoms with van der Waals surface area (Å²) in [5.41, 5.74) is 1.34. The van der Waals surface area contributed by atoms with Crippen LogP contribution in [-0.2, 0) is 9.84 Å². The van der Waals surface area contributed by atoms with Crippen molar-refractivity contribution in [1.29, 1.82) is 5.26 Å². The first-order chi connectivity index (χ1) is 10.0. The van der Waals surface area contributed by atoms with Crippen LogP contribution in [0.25, 0.3) is 0 Å². The van der Waals surface area contributed by atoms with Gasteiger partial charge < -0.3 is 4.90 Å². The average molecular weight is 324 g/mol. The van der Waals surface area contributed by atoms with E-state index in [0.29, 0.717) is 35.4 Å². The smallest absolute Gasteiger partial charge is 0.171 e. The number of carbonyl (C=O) groups excluding carboxylic acids is 1. The highest BCUT2D eigenvalue weighted by Crippen LogP contribution is 2.30. The zero-order chi connectivity index (χ0) is 15.5. The lowest BCUT2D eigenvalue weighted by Gasteiger charge is -2.36. The summed E-state index contributed by atoms with van der Waals surface area (Å²) < 4.78 is 24.5. The standard InChI is InChI=1S/C14H16N2O3S2/c1-2-21(18,19)14-10-20-6-5-16(14)13-4-3-11(9-17)7-12(13)8-15/h3-4,7,9,14H,2,5-6,10H2,1H3. The van der Waals surface area contributed by atoms with Gasteiger partial charge in [0.25, 0.3) is 0 Å². The summed E-state index contributed by atoms with van der Waals surface area (Å²) in [5.74, 6) is 1.38. The van der Waals surface area contributed by atoms with Gasteiger partial charge in [-0.1, -0.05) is 6.92 Å². The van der Waals surface area contributed by atoms with Crippen molar-refractivity contribution < 1.29 is 13.2 Å². The molecule has 2 rings (SSSR count). The van der Waals surface area contributed by atoms with Crippen molar-refractivity contribution in [1.82, 2.24) is 0 Å². The van der Waals surface area contributed by atoms with Crippen molar-refractivity contribution in [2.24, 2.45) is 0 Å². The monoisotopic (exact) mass is 324 g/mol. The maximum atomic E-state index is 12.3. The third kappa shape index (κ3) is 3.22. The molecule has 1 atom stereocenters. The third-order valence-electron chi connectivity index (χ3n) is 3.49. The van der Waals surface area contributed by atoms with Gasteiger partial charge >= 0.3 is 0 Å². The highest BCUT2D eigenvalue weighted by atomic mass is 32.2. The number of aldehydes is 1. The van der Waals surface area contributed by atoms with Gasteiger partial charge in [0.1, 0.15) is 17.7 Å². The van der Waals surface area contributed by atoms with E-state index in [1.807, 2.05) is 0 Å². The van der Waals surface area contributed by atoms with E-state index in [2.05, 4.69) is 6.07 Å². The molecule has 0 bridgehead atoms. The van der Waals surface area contributed by atoms with Gasteiger partial charge in [-0.25, -0.2) is 8.42 Å². The van der Waals surface area contributed by atoms with Gasteiger partial charge in [-0.05, 0) is 18.2 Å². The van der Waals surface area contributed by atoms with Crippen LogP contribution in [0.2, 0.25) is 0 Å². The molecule has 1 unspecified atom stereocenters. The number of hydrogen-bond acceptors (Lipinski definition) is 6. The van der Waals surface area contributed by atoms with Crippen LogP contribution in [0.5, 0.6) is 0 Å². The Kier molecular flexibility index (Phi) is 4.91. The number of thioether (sulfide) groups is 1. The Morgan fingerprint density at radius 2 is 2.29 bits per heavy atom. The molecule has 1 aromatic carbocycles. The van der Waals surface area contributed by atoms with Crippen LogP contribution < -0.4 is 4.90 Å². The first-order valence-corrected chi connectivity index (χ1v) is 9.45. The average Bonchev–Trinajstić information content (AvgIpc) is 2.54. The van der Waals surface area contributed by atoms with Crippen LogP contribution in [0.4, 0.5) is 5.69 Å². The van der Waals surface area contributed by atoms with Crippen LogP contribution in [0.15, 0.2) is 18.2 Å². The largest absolute Gasteiger partial charge is 0.352 e. The highest BCUT2D eigenvalue weighted by molar-refractivity contribution is 8.01. The molecule has 0 N–H and O–H groups in total. The highest BCUT2D eigenvalue weighted by Gasteiger charge is 2.34. The van der Waals surface area contributed by atoms with E-state index in [1.165, 1.54) is 6.07 Å². The van der Waals surface area contributed by atoms with Crippen LogP contribution in [-0.4, -0.2) is 43.9 Å². The predicted octanol–water partition coefficient (Wildman–Crippen LogP) is 1.68. The number of carbonyl (C=O) groups is 1. The summed E-state index contributed by atoms with van der Waals surface area (Å²) in [6, 6.07) is 6.83. The summed E-state index contributed by atoms with van der Waals surface area (Å²) in [7, 11) is -3.23. The summed E-state index contributed by atoms with van der Waals surface area (Å²) in [4.78, 5) is 12.6. The van der Waals surface area contributed by atoms with Crippen molar-refractivity contribution in [3.63, 3.8) is 0 Å². The van der Waals surface area contributed by atoms with Gasteiger partial charge in [-0.15, -0.1) is 0 Å². The van der Waals surface area contributed by atoms with E-state index in [1.54, 1.807) is 35.7 Å². The Balaban J connectivity index is 2.48. The Morgan fingerprint density at radius 3 is 2.90 bits per heavy atom. The Bertz CT molecular complexity index is 680. The van der Waals surface area contributed by atoms with E-state index in [4.69, 9.17) is 0 Å². The van der Waals surface area contributed by atoms with Crippen molar-refractivity contribution in [2.75, 3.05) is 28.7 Å². The van der Waals surface area contributed by atoms with Crippen molar-refractivity contribution >= 4 is 33.6 Å². The van der Waals surface area contributed by atoms with Crippen LogP contribution >= 0.6 is 11.8 Å². The molecule has 0 saturated carbocycles. The molecule has 21 heavy (non-hydrogen) atoms. The van der Waals surface area contributed by atoms with E-state index in [0.717, 1.165) is 5.75 Å². The number of hydrogen-bond donors (Lipinski definition) is 0. The lowest BCUT2D eigenvalue weighted by atomic mass is 10.1. The molecular formula is C14H16N2O3S2. The number of nitriles is 1. The first-order valence-electron chi connectivity index (χ1n) is 6.58. The second-order valence-electron chi connectivity index (χ2n) is 4.68. The molecule has 1 heterocycles. The Labute approximate surface area is 128 Å². The minimum Gasteiger partial charge on any atom is -0.352 e. The molecule has 1 aliphatic rings. The molecule has 0 spiro atoms. The minimum atomic E-state index is -3.23. The van der Waals surface area contributed by atoms with Gasteiger partial charge in [0.05, 0.1) is 11.3 Å². The molecule has 0 aromatic heterocycles. The van der Waals surface area contributed by atoms with Crippen LogP contribution in [0.1, 0.15) is 22.8 Å². The molecule has 1 aliphatic heterocycles. The zero-order valence-corrected chi connectivity index (χ0v) is 13.3. The summed E-state index contributed by atoms with van der Waals surface area (Å²) in [5, 5.41) is 8.65. The summed E-state index contributed by atoms with van der Waals surface area (Å²) in [6.07, 6.45) is 0.678. The minimum absolute atomic E-state index is 0.0725. The zero-order valence-electron chi connectivity index (χ0n) is 11.7. The molecule has 0 radical (unpaired) electrons. The number of sulfone groups is 1. The lowest BCUT2D eigenvalue weighted by Crippen LogP contribution is -2.48. The van der Waals surface area contributed by atoms with E-state index in [-0.39, 0.29) is 5.75 Å². The fourth-order valence-electron chi connectivity index (χ4n) is 2.31. The molecular weight excluding hydrogens is 308 g/mol. The number of anilines is 1. The fourth-order valence-corrected chi connectivity index (χ4v) is 5.30. The van der Waals surface area contributed by atoms with Crippen LogP contribution in [0, 0.1) is 11.3 Å². The second kappa shape index (κ2) is 6.50. The van der Waals surface area contributed by atoms with E-state index >= 15 is 0 Å². The van der Waals surface area contributed by atoms with Gasteiger partial charge in [0.2, 0.25) is 0 Å². The van der Waals surface area contributed by atoms with Crippen molar-refractivity contribution in [2.45, 2.75) is 12.3 Å². The first kappa shape index (κ1) is 15.9. The van der Waals surface area contributed by atoms with Gasteiger partial charge in [0, 0.05) is 29.4 Å². The molecule has 0 amide bonds. The number of benzene rings is 1. The SMILES string of the molecule is CCS(=O)(=O)C1CSCCN1c1ccc(C=O)cc1C#N. The fraction of sp³-hybridized carbons (Fsp3) is 0.429. The molecule has 5 nitrogen and oxygen atoms in total. The van der Waals surface area contributed by atoms with Crippen molar-refractivity contribution in [3.05, 3.63) is 29.3 Å². The topological polar surface area (TPSA) is 78.2 Å². The van der Waals surface area contributed by atoms with Gasteiger partial charge in [-0.2, -0.15) is 17.0 Å². The number of nitrogens with zero attached hydrogens (tertiary/aromatic N) is 2. The molecule has 1 aromatic rings. The van der Waals surface area contributed by atoms with Crippen molar-refractivity contribution in [3.8, 4) is 6.07 Å². The van der Waals surface area contributed by atoms with E-state index < -0.39 is 15.2 Å². The lowest BCUT2D eigenvalue weighted by molar-refractivity contribution is 0.112. The third-order valence-corrected chi connectivity index (χ3v) is 6.78. The van der Waals surface area contributed by atoms with Gasteiger partial charge in [0.15, 0.2) is 9.84 Å². The second-order valence-corrected chi connectivity index (χ2v) is 8.28. The maximum absolute atomic E-state index is 12.3. The summed E-state index contributed by atoms with van der Waals surface area (Å²) in [6.45, 7) is 2.21. The summed E-state index contributed by atoms with van der Waals surface area (Å²) >= 11 is 1.60. The molecule has 1 fully saturated rings. The van der Waals surface area contributed by atoms with Crippen LogP contribution in [0.3, 0.4) is 0 Å². The molecule has 0 aliphatic carbocycles. The Hall–Kier alpha value is -1.52. The maximum Gasteiger partial charge on any atom is 0.171 e. The molecule has 112 valence electrons. The number of rotatable bonds is 4. The molecule has 1 saturated heterocycles. The quantitative estimate of drug-likeness (QED) is 0.784. The van der Waals surface area contributed by atoms with Gasteiger partial charge in [-0.3, -0.25) is 4.79 Å². The predicted molar refractivity (Wildman–Crippen MR) is 84.5 cm³/mol. The normalized spacial score (nSPS) is 19.0. The van der Waals surface area contributed by atoms with E-state index in [9.17, 15) is 18.5 Å². The molecule has 7 heteroatoms. The Morgan fingerprint density at radius 1 is 1.52 bits per heavy atom.